The molecule has 0 N–H and O–H groups in total. The predicted molar refractivity (Wildman–Crippen MR) is 117 cm³/mol. The van der Waals surface area contributed by atoms with Crippen molar-refractivity contribution < 1.29 is 4.79 Å². The van der Waals surface area contributed by atoms with Crippen LogP contribution in [0.1, 0.15) is 18.2 Å². The van der Waals surface area contributed by atoms with E-state index >= 15 is 0 Å². The lowest BCUT2D eigenvalue weighted by molar-refractivity contribution is -0.115. The summed E-state index contributed by atoms with van der Waals surface area (Å²) in [6, 6.07) is 17.7. The van der Waals surface area contributed by atoms with Gasteiger partial charge in [-0.2, -0.15) is 0 Å². The van der Waals surface area contributed by atoms with Gasteiger partial charge in [-0.3, -0.25) is 14.3 Å². The van der Waals surface area contributed by atoms with Crippen LogP contribution in [0.2, 0.25) is 0 Å². The van der Waals surface area contributed by atoms with E-state index in [0.717, 1.165) is 27.8 Å². The number of anilines is 2. The number of thiazole rings is 1. The van der Waals surface area contributed by atoms with Gasteiger partial charge in [0.15, 0.2) is 10.3 Å². The Morgan fingerprint density at radius 1 is 1.14 bits per heavy atom. The highest BCUT2D eigenvalue weighted by Crippen LogP contribution is 2.31. The molecule has 0 atom stereocenters. The number of rotatable bonds is 6. The molecule has 4 rings (SSSR count). The van der Waals surface area contributed by atoms with Crippen LogP contribution in [0.4, 0.5) is 10.8 Å². The molecule has 0 aliphatic carbocycles. The first-order valence-corrected chi connectivity index (χ1v) is 10.9. The fraction of sp³-hybridized carbons (Fsp3) is 0.143. The van der Waals surface area contributed by atoms with Crippen LogP contribution < -0.4 is 4.90 Å². The van der Waals surface area contributed by atoms with Crippen molar-refractivity contribution in [1.29, 1.82) is 0 Å². The molecule has 0 spiro atoms. The van der Waals surface area contributed by atoms with Crippen LogP contribution in [0, 0.1) is 6.92 Å². The van der Waals surface area contributed by atoms with Crippen LogP contribution in [0.25, 0.3) is 5.69 Å². The van der Waals surface area contributed by atoms with Crippen molar-refractivity contribution >= 4 is 39.8 Å². The summed E-state index contributed by atoms with van der Waals surface area (Å²) in [5, 5.41) is 11.8. The molecule has 1 amide bonds. The Kier molecular flexibility index (Phi) is 5.73. The van der Waals surface area contributed by atoms with E-state index in [-0.39, 0.29) is 5.91 Å². The third kappa shape index (κ3) is 4.23. The summed E-state index contributed by atoms with van der Waals surface area (Å²) in [6.07, 6.45) is 1.73. The SMILES string of the molecule is CC(=O)N(c1ccccc1)c1nc(CSc2nncn2-c2ccccc2C)cs1. The van der Waals surface area contributed by atoms with Gasteiger partial charge in [0.2, 0.25) is 5.91 Å². The number of amides is 1. The van der Waals surface area contributed by atoms with Crippen molar-refractivity contribution in [3.63, 3.8) is 0 Å². The molecule has 0 unspecified atom stereocenters. The topological polar surface area (TPSA) is 63.9 Å². The molecule has 0 fully saturated rings. The van der Waals surface area contributed by atoms with Crippen LogP contribution >= 0.6 is 23.1 Å². The molecule has 29 heavy (non-hydrogen) atoms. The van der Waals surface area contributed by atoms with Crippen LogP contribution in [-0.4, -0.2) is 25.7 Å². The molecule has 0 aliphatic rings. The molecule has 6 nitrogen and oxygen atoms in total. The Labute approximate surface area is 177 Å². The number of thioether (sulfide) groups is 1. The maximum absolute atomic E-state index is 12.2. The Hall–Kier alpha value is -2.97. The van der Waals surface area contributed by atoms with Crippen molar-refractivity contribution in [2.75, 3.05) is 4.90 Å². The summed E-state index contributed by atoms with van der Waals surface area (Å²) in [6.45, 7) is 3.61. The van der Waals surface area contributed by atoms with E-state index in [1.54, 1.807) is 29.9 Å². The molecule has 8 heteroatoms. The van der Waals surface area contributed by atoms with E-state index in [1.807, 2.05) is 58.5 Å². The van der Waals surface area contributed by atoms with Gasteiger partial charge in [0.05, 0.1) is 17.1 Å². The van der Waals surface area contributed by atoms with Crippen LogP contribution in [0.15, 0.2) is 71.5 Å². The molecule has 0 saturated carbocycles. The van der Waals surface area contributed by atoms with Gasteiger partial charge in [-0.05, 0) is 30.7 Å². The molecule has 0 bridgehead atoms. The molecule has 2 aromatic heterocycles. The number of hydrogen-bond acceptors (Lipinski definition) is 6. The molecule has 0 saturated heterocycles. The predicted octanol–water partition coefficient (Wildman–Crippen LogP) is 5.01. The van der Waals surface area contributed by atoms with E-state index in [0.29, 0.717) is 10.9 Å². The number of carbonyl (C=O) groups is 1. The van der Waals surface area contributed by atoms with E-state index < -0.39 is 0 Å². The minimum Gasteiger partial charge on any atom is -0.276 e. The minimum atomic E-state index is -0.0657. The highest BCUT2D eigenvalue weighted by Gasteiger charge is 2.18. The van der Waals surface area contributed by atoms with E-state index in [1.165, 1.54) is 11.3 Å². The lowest BCUT2D eigenvalue weighted by Gasteiger charge is -2.17. The minimum absolute atomic E-state index is 0.0657. The lowest BCUT2D eigenvalue weighted by Crippen LogP contribution is -2.22. The normalized spacial score (nSPS) is 10.8. The first-order chi connectivity index (χ1) is 14.1. The molecular weight excluding hydrogens is 402 g/mol. The van der Waals surface area contributed by atoms with Gasteiger partial charge in [-0.15, -0.1) is 21.5 Å². The second kappa shape index (κ2) is 8.59. The fourth-order valence-corrected chi connectivity index (χ4v) is 4.74. The van der Waals surface area contributed by atoms with Gasteiger partial charge in [-0.25, -0.2) is 4.98 Å². The van der Waals surface area contributed by atoms with Gasteiger partial charge in [0, 0.05) is 18.1 Å². The summed E-state index contributed by atoms with van der Waals surface area (Å²) in [7, 11) is 0. The van der Waals surface area contributed by atoms with Gasteiger partial charge >= 0.3 is 0 Å². The maximum Gasteiger partial charge on any atom is 0.230 e. The van der Waals surface area contributed by atoms with E-state index in [2.05, 4.69) is 28.2 Å². The standard InChI is InChI=1S/C21H19N5OS2/c1-15-8-6-7-11-19(15)25-14-22-24-21(25)29-13-17-12-28-20(23-17)26(16(2)27)18-9-4-3-5-10-18/h3-12,14H,13H2,1-2H3. The van der Waals surface area contributed by atoms with Crippen LogP contribution in [0.5, 0.6) is 0 Å². The zero-order valence-corrected chi connectivity index (χ0v) is 17.7. The molecular formula is C21H19N5OS2. The zero-order chi connectivity index (χ0) is 20.2. The second-order valence-corrected chi connectivity index (χ2v) is 8.15. The first kappa shape index (κ1) is 19.4. The Balaban J connectivity index is 1.52. The maximum atomic E-state index is 12.2. The summed E-state index contributed by atoms with van der Waals surface area (Å²) in [5.41, 5.74) is 3.93. The van der Waals surface area contributed by atoms with E-state index in [4.69, 9.17) is 0 Å². The summed E-state index contributed by atoms with van der Waals surface area (Å²) >= 11 is 3.03. The average molecular weight is 422 g/mol. The molecule has 2 heterocycles. The van der Waals surface area contributed by atoms with Crippen molar-refractivity contribution in [3.05, 3.63) is 77.6 Å². The first-order valence-electron chi connectivity index (χ1n) is 9.02. The molecule has 2 aromatic carbocycles. The highest BCUT2D eigenvalue weighted by atomic mass is 32.2. The largest absolute Gasteiger partial charge is 0.276 e. The number of para-hydroxylation sites is 2. The number of nitrogens with zero attached hydrogens (tertiary/aromatic N) is 5. The number of hydrogen-bond donors (Lipinski definition) is 0. The summed E-state index contributed by atoms with van der Waals surface area (Å²) < 4.78 is 1.99. The van der Waals surface area contributed by atoms with Crippen molar-refractivity contribution in [1.82, 2.24) is 19.7 Å². The number of aromatic nitrogens is 4. The fourth-order valence-electron chi connectivity index (χ4n) is 2.93. The molecule has 4 aromatic rings. The quantitative estimate of drug-likeness (QED) is 0.410. The zero-order valence-electron chi connectivity index (χ0n) is 16.0. The Morgan fingerprint density at radius 3 is 2.66 bits per heavy atom. The molecule has 0 radical (unpaired) electrons. The Bertz CT molecular complexity index is 1120. The number of benzene rings is 2. The summed E-state index contributed by atoms with van der Waals surface area (Å²) in [5.74, 6) is 0.575. The second-order valence-electron chi connectivity index (χ2n) is 6.37. The molecule has 146 valence electrons. The van der Waals surface area contributed by atoms with Gasteiger partial charge in [-0.1, -0.05) is 48.2 Å². The van der Waals surface area contributed by atoms with Gasteiger partial charge in [0.25, 0.3) is 0 Å². The third-order valence-electron chi connectivity index (χ3n) is 4.30. The van der Waals surface area contributed by atoms with Crippen molar-refractivity contribution in [3.8, 4) is 5.69 Å². The Morgan fingerprint density at radius 2 is 1.90 bits per heavy atom. The number of carbonyl (C=O) groups excluding carboxylic acids is 1. The van der Waals surface area contributed by atoms with Crippen molar-refractivity contribution in [2.24, 2.45) is 0 Å². The monoisotopic (exact) mass is 421 g/mol. The third-order valence-corrected chi connectivity index (χ3v) is 6.15. The van der Waals surface area contributed by atoms with Gasteiger partial charge in [0.1, 0.15) is 6.33 Å². The molecule has 0 aliphatic heterocycles. The lowest BCUT2D eigenvalue weighted by atomic mass is 10.2. The van der Waals surface area contributed by atoms with Crippen molar-refractivity contribution in [2.45, 2.75) is 24.8 Å². The number of aryl methyl sites for hydroxylation is 1. The average Bonchev–Trinajstić information content (AvgIpc) is 3.37. The van der Waals surface area contributed by atoms with Crippen LogP contribution in [0.3, 0.4) is 0 Å². The smallest absolute Gasteiger partial charge is 0.230 e. The van der Waals surface area contributed by atoms with E-state index in [9.17, 15) is 4.79 Å². The van der Waals surface area contributed by atoms with Gasteiger partial charge < -0.3 is 0 Å². The van der Waals surface area contributed by atoms with Crippen LogP contribution in [-0.2, 0) is 10.5 Å². The summed E-state index contributed by atoms with van der Waals surface area (Å²) in [4.78, 5) is 18.5. The highest BCUT2D eigenvalue weighted by molar-refractivity contribution is 7.98.